The van der Waals surface area contributed by atoms with Gasteiger partial charge in [0.2, 0.25) is 5.91 Å². The molecule has 3 atom stereocenters. The van der Waals surface area contributed by atoms with Gasteiger partial charge in [0.15, 0.2) is 17.4 Å². The molecule has 0 fully saturated rings. The number of halogens is 3. The molecule has 0 saturated carbocycles. The molecule has 3 rings (SSSR count). The van der Waals surface area contributed by atoms with E-state index in [1.165, 1.54) is 22.6 Å². The van der Waals surface area contributed by atoms with Crippen LogP contribution in [0.1, 0.15) is 17.4 Å². The highest BCUT2D eigenvalue weighted by molar-refractivity contribution is 7.82. The molecule has 0 spiro atoms. The Balaban J connectivity index is 1.89. The number of carbonyl (C=O) groups excluding carboxylic acids is 2. The number of nitrogens with zero attached hydrogens (tertiary/aromatic N) is 1. The average Bonchev–Trinajstić information content (AvgIpc) is 3.37. The molecule has 0 bridgehead atoms. The summed E-state index contributed by atoms with van der Waals surface area (Å²) in [5, 5.41) is 15.6. The Morgan fingerprint density at radius 3 is 2.41 bits per heavy atom. The van der Waals surface area contributed by atoms with Crippen LogP contribution in [0.3, 0.4) is 0 Å². The summed E-state index contributed by atoms with van der Waals surface area (Å²) in [6, 6.07) is 12.5. The Morgan fingerprint density at radius 1 is 1.05 bits per heavy atom. The summed E-state index contributed by atoms with van der Waals surface area (Å²) in [6.07, 6.45) is 1.02. The number of aliphatic hydroxyl groups excluding tert-OH is 1. The van der Waals surface area contributed by atoms with Crippen molar-refractivity contribution in [3.63, 3.8) is 0 Å². The van der Waals surface area contributed by atoms with Gasteiger partial charge in [-0.15, -0.1) is 11.3 Å². The number of ketones is 1. The molecule has 0 saturated heterocycles. The fourth-order valence-electron chi connectivity index (χ4n) is 3.46. The smallest absolute Gasteiger partial charge is 0.244 e. The summed E-state index contributed by atoms with van der Waals surface area (Å²) in [5.74, 6) is -4.90. The zero-order chi connectivity index (χ0) is 26.9. The number of aliphatic hydroxyl groups is 1. The molecule has 196 valence electrons. The van der Waals surface area contributed by atoms with Crippen molar-refractivity contribution in [1.82, 2.24) is 9.62 Å². The monoisotopic (exact) mass is 550 g/mol. The molecule has 2 N–H and O–H groups in total. The molecular formula is C26H25F3N2O4S2. The second-order valence-electron chi connectivity index (χ2n) is 8.16. The van der Waals surface area contributed by atoms with Crippen LogP contribution in [-0.4, -0.2) is 44.0 Å². The third-order valence-corrected chi connectivity index (χ3v) is 7.56. The van der Waals surface area contributed by atoms with Crippen LogP contribution in [0.2, 0.25) is 0 Å². The van der Waals surface area contributed by atoms with Crippen LogP contribution >= 0.6 is 11.3 Å². The van der Waals surface area contributed by atoms with Gasteiger partial charge in [0.1, 0.15) is 16.8 Å². The first-order valence-electron chi connectivity index (χ1n) is 11.2. The van der Waals surface area contributed by atoms with Crippen LogP contribution in [-0.2, 0) is 33.5 Å². The van der Waals surface area contributed by atoms with Crippen molar-refractivity contribution in [1.29, 1.82) is 0 Å². The number of thiophene rings is 1. The molecule has 11 heteroatoms. The van der Waals surface area contributed by atoms with Crippen molar-refractivity contribution in [2.24, 2.45) is 0 Å². The van der Waals surface area contributed by atoms with Gasteiger partial charge >= 0.3 is 0 Å². The van der Waals surface area contributed by atoms with E-state index in [-0.39, 0.29) is 25.3 Å². The third kappa shape index (κ3) is 8.46. The highest BCUT2D eigenvalue weighted by Crippen LogP contribution is 2.23. The van der Waals surface area contributed by atoms with Crippen molar-refractivity contribution in [2.75, 3.05) is 6.54 Å². The lowest BCUT2D eigenvalue weighted by Gasteiger charge is -2.29. The van der Waals surface area contributed by atoms with Crippen LogP contribution in [0, 0.1) is 17.5 Å². The second kappa shape index (κ2) is 13.4. The van der Waals surface area contributed by atoms with Crippen LogP contribution in [0.25, 0.3) is 0 Å². The Hall–Kier alpha value is -3.12. The van der Waals surface area contributed by atoms with Gasteiger partial charge in [0.25, 0.3) is 0 Å². The normalized spacial score (nSPS) is 14.0. The summed E-state index contributed by atoms with van der Waals surface area (Å²) in [4.78, 5) is 23.8. The summed E-state index contributed by atoms with van der Waals surface area (Å²) in [6.45, 7) is 0.989. The zero-order valence-corrected chi connectivity index (χ0v) is 21.4. The fraction of sp³-hybridized carbons (Fsp3) is 0.231. The zero-order valence-electron chi connectivity index (χ0n) is 19.8. The van der Waals surface area contributed by atoms with E-state index < -0.39 is 51.4 Å². The average molecular weight is 551 g/mol. The van der Waals surface area contributed by atoms with Crippen molar-refractivity contribution in [3.8, 4) is 0 Å². The van der Waals surface area contributed by atoms with Crippen molar-refractivity contribution in [3.05, 3.63) is 100 Å². The summed E-state index contributed by atoms with van der Waals surface area (Å²) in [5.41, 5.74) is 0.792. The van der Waals surface area contributed by atoms with E-state index in [0.717, 1.165) is 22.6 Å². The van der Waals surface area contributed by atoms with E-state index in [1.807, 2.05) is 6.07 Å². The van der Waals surface area contributed by atoms with Gasteiger partial charge in [-0.2, -0.15) is 0 Å². The minimum atomic E-state index is -2.31. The van der Waals surface area contributed by atoms with Gasteiger partial charge in [-0.05, 0) is 42.5 Å². The topological polar surface area (TPSA) is 86.7 Å². The first-order valence-corrected chi connectivity index (χ1v) is 13.2. The highest BCUT2D eigenvalue weighted by atomic mass is 32.2. The third-order valence-electron chi connectivity index (χ3n) is 5.26. The van der Waals surface area contributed by atoms with Gasteiger partial charge in [0, 0.05) is 30.1 Å². The predicted octanol–water partition coefficient (Wildman–Crippen LogP) is 3.92. The minimum Gasteiger partial charge on any atom is -0.390 e. The van der Waals surface area contributed by atoms with Crippen LogP contribution in [0.4, 0.5) is 13.2 Å². The number of hydrogen-bond donors (Lipinski definition) is 2. The molecule has 0 aliphatic heterocycles. The number of hydrogen-bond acceptors (Lipinski definition) is 5. The van der Waals surface area contributed by atoms with Crippen LogP contribution in [0.15, 0.2) is 77.0 Å². The van der Waals surface area contributed by atoms with E-state index in [2.05, 4.69) is 5.32 Å². The number of benzene rings is 2. The lowest BCUT2D eigenvalue weighted by Crippen LogP contribution is -2.49. The maximum absolute atomic E-state index is 14.4. The predicted molar refractivity (Wildman–Crippen MR) is 135 cm³/mol. The van der Waals surface area contributed by atoms with Gasteiger partial charge in [-0.3, -0.25) is 9.59 Å². The molecule has 0 aliphatic carbocycles. The molecule has 0 aliphatic rings. The largest absolute Gasteiger partial charge is 0.390 e. The standard InChI is InChI=1S/C26H25F3N2O4S2/c1-17(32)9-10-26(34)30-23(12-18-6-3-2-4-7-18)24(33)16-31(15-19-8-5-11-36-19)37(35)25-14-21(28)20(27)13-22(25)29/h2-11,13-14,23-24,33H,12,15-16H2,1H3,(H,30,34)/b10-9+. The Labute approximate surface area is 219 Å². The number of nitrogens with one attached hydrogen (secondary N) is 1. The molecule has 6 nitrogen and oxygen atoms in total. The summed E-state index contributed by atoms with van der Waals surface area (Å²) < 4.78 is 56.3. The number of allylic oxidation sites excluding steroid dienone is 1. The molecule has 1 amide bonds. The quantitative estimate of drug-likeness (QED) is 0.264. The van der Waals surface area contributed by atoms with Crippen molar-refractivity contribution in [2.45, 2.75) is 36.9 Å². The van der Waals surface area contributed by atoms with Gasteiger partial charge in [-0.25, -0.2) is 21.7 Å². The fourth-order valence-corrected chi connectivity index (χ4v) is 5.51. The molecule has 37 heavy (non-hydrogen) atoms. The second-order valence-corrected chi connectivity index (χ2v) is 10.7. The van der Waals surface area contributed by atoms with Crippen LogP contribution < -0.4 is 5.32 Å². The van der Waals surface area contributed by atoms with E-state index in [0.29, 0.717) is 12.1 Å². The Morgan fingerprint density at radius 2 is 1.76 bits per heavy atom. The SMILES string of the molecule is CC(=O)/C=C/C(=O)NC(Cc1ccccc1)C(O)CN(Cc1cccs1)S(=O)c1cc(F)c(F)cc1F. The molecule has 3 unspecified atom stereocenters. The van der Waals surface area contributed by atoms with Crippen molar-refractivity contribution >= 4 is 34.0 Å². The Bertz CT molecular complexity index is 1270. The lowest BCUT2D eigenvalue weighted by atomic mass is 10.0. The summed E-state index contributed by atoms with van der Waals surface area (Å²) in [7, 11) is -2.31. The summed E-state index contributed by atoms with van der Waals surface area (Å²) >= 11 is 1.34. The first kappa shape index (κ1) is 28.5. The molecule has 1 aromatic heterocycles. The van der Waals surface area contributed by atoms with Crippen molar-refractivity contribution < 1.29 is 32.1 Å². The molecule has 1 heterocycles. The molecule has 3 aromatic rings. The maximum Gasteiger partial charge on any atom is 0.244 e. The molecular weight excluding hydrogens is 525 g/mol. The number of amides is 1. The Kier molecular flexibility index (Phi) is 10.3. The van der Waals surface area contributed by atoms with Gasteiger partial charge in [0.05, 0.1) is 17.0 Å². The highest BCUT2D eigenvalue weighted by Gasteiger charge is 2.28. The molecule has 0 radical (unpaired) electrons. The number of rotatable bonds is 12. The van der Waals surface area contributed by atoms with Gasteiger partial charge in [-0.1, -0.05) is 36.4 Å². The minimum absolute atomic E-state index is 0.00994. The first-order chi connectivity index (χ1) is 17.6. The lowest BCUT2D eigenvalue weighted by molar-refractivity contribution is -0.118. The van der Waals surface area contributed by atoms with E-state index in [4.69, 9.17) is 0 Å². The molecule has 2 aromatic carbocycles. The maximum atomic E-state index is 14.4. The van der Waals surface area contributed by atoms with E-state index in [1.54, 1.807) is 41.8 Å². The van der Waals surface area contributed by atoms with E-state index in [9.17, 15) is 32.1 Å². The van der Waals surface area contributed by atoms with Crippen LogP contribution in [0.5, 0.6) is 0 Å². The van der Waals surface area contributed by atoms with Gasteiger partial charge < -0.3 is 10.4 Å². The van der Waals surface area contributed by atoms with E-state index >= 15 is 0 Å². The number of carbonyl (C=O) groups is 2.